The number of halogens is 1. The Hall–Kier alpha value is -3.87. The van der Waals surface area contributed by atoms with Crippen molar-refractivity contribution in [2.75, 3.05) is 13.2 Å². The number of nitrogens with zero attached hydrogens (tertiary/aromatic N) is 2. The molecule has 0 radical (unpaired) electrons. The second kappa shape index (κ2) is 8.24. The Morgan fingerprint density at radius 3 is 2.64 bits per heavy atom. The molecule has 1 N–H and O–H groups in total. The third-order valence-electron chi connectivity index (χ3n) is 6.23. The van der Waals surface area contributed by atoms with E-state index in [4.69, 9.17) is 4.74 Å². The molecule has 0 bridgehead atoms. The lowest BCUT2D eigenvalue weighted by Crippen LogP contribution is -2.36. The first-order chi connectivity index (χ1) is 16.0. The molecule has 0 aliphatic carbocycles. The number of amides is 1. The predicted molar refractivity (Wildman–Crippen MR) is 123 cm³/mol. The number of phenols is 1. The minimum Gasteiger partial charge on any atom is -0.507 e. The molecule has 1 amide bonds. The molecule has 2 heterocycles. The molecular weight excluding hydrogens is 423 g/mol. The van der Waals surface area contributed by atoms with Crippen molar-refractivity contribution in [2.24, 2.45) is 0 Å². The van der Waals surface area contributed by atoms with Crippen LogP contribution < -0.4 is 0 Å². The number of esters is 1. The highest BCUT2D eigenvalue weighted by molar-refractivity contribution is 6.08. The van der Waals surface area contributed by atoms with E-state index in [1.54, 1.807) is 30.0 Å². The highest BCUT2D eigenvalue weighted by atomic mass is 19.1. The minimum absolute atomic E-state index is 0.0435. The van der Waals surface area contributed by atoms with Crippen LogP contribution in [-0.4, -0.2) is 39.6 Å². The standard InChI is InChI=1S/C26H23FN2O4/c1-2-33-25(31)15-29-22-9-7-16(27)13-20(22)21-14-28(12-11-23(21)29)26(32)19-8-10-24(30)18-6-4-3-5-17(18)19/h3-10,13,30H,2,11-12,14-15H2,1H3. The Morgan fingerprint density at radius 1 is 1.06 bits per heavy atom. The van der Waals surface area contributed by atoms with Gasteiger partial charge in [0.25, 0.3) is 5.91 Å². The first kappa shape index (κ1) is 21.0. The van der Waals surface area contributed by atoms with Gasteiger partial charge in [0.15, 0.2) is 0 Å². The third-order valence-corrected chi connectivity index (χ3v) is 6.23. The van der Waals surface area contributed by atoms with Crippen molar-refractivity contribution < 1.29 is 23.8 Å². The highest BCUT2D eigenvalue weighted by Gasteiger charge is 2.29. The molecule has 0 fully saturated rings. The maximum absolute atomic E-state index is 14.1. The van der Waals surface area contributed by atoms with Crippen LogP contribution in [0.3, 0.4) is 0 Å². The minimum atomic E-state index is -0.369. The summed E-state index contributed by atoms with van der Waals surface area (Å²) in [5.74, 6) is -0.748. The van der Waals surface area contributed by atoms with Gasteiger partial charge in [-0.15, -0.1) is 0 Å². The summed E-state index contributed by atoms with van der Waals surface area (Å²) in [6.07, 6.45) is 0.535. The largest absolute Gasteiger partial charge is 0.507 e. The second-order valence-electron chi connectivity index (χ2n) is 8.13. The number of fused-ring (bicyclic) bond motifs is 4. The van der Waals surface area contributed by atoms with Gasteiger partial charge in [-0.3, -0.25) is 9.59 Å². The number of phenolic OH excluding ortho intramolecular Hbond substituents is 1. The fourth-order valence-corrected chi connectivity index (χ4v) is 4.75. The summed E-state index contributed by atoms with van der Waals surface area (Å²) in [6.45, 7) is 2.86. The van der Waals surface area contributed by atoms with Crippen molar-refractivity contribution in [1.29, 1.82) is 0 Å². The van der Waals surface area contributed by atoms with Gasteiger partial charge in [-0.05, 0) is 42.6 Å². The van der Waals surface area contributed by atoms with E-state index in [2.05, 4.69) is 0 Å². The number of carbonyl (C=O) groups is 2. The molecule has 0 saturated carbocycles. The Balaban J connectivity index is 1.55. The van der Waals surface area contributed by atoms with Crippen molar-refractivity contribution in [1.82, 2.24) is 9.47 Å². The molecule has 0 saturated heterocycles. The zero-order valence-electron chi connectivity index (χ0n) is 18.2. The van der Waals surface area contributed by atoms with E-state index >= 15 is 0 Å². The molecule has 33 heavy (non-hydrogen) atoms. The van der Waals surface area contributed by atoms with E-state index in [1.165, 1.54) is 18.2 Å². The van der Waals surface area contributed by atoms with E-state index < -0.39 is 0 Å². The summed E-state index contributed by atoms with van der Waals surface area (Å²) in [5.41, 5.74) is 3.02. The van der Waals surface area contributed by atoms with Crippen LogP contribution in [0.5, 0.6) is 5.75 Å². The summed E-state index contributed by atoms with van der Waals surface area (Å²) in [6, 6.07) is 14.9. The van der Waals surface area contributed by atoms with E-state index in [0.717, 1.165) is 16.8 Å². The number of carbonyl (C=O) groups excluding carboxylic acids is 2. The van der Waals surface area contributed by atoms with Crippen molar-refractivity contribution >= 4 is 33.6 Å². The number of benzene rings is 3. The molecule has 0 atom stereocenters. The summed E-state index contributed by atoms with van der Waals surface area (Å²) in [5, 5.41) is 12.2. The van der Waals surface area contributed by atoms with Crippen molar-refractivity contribution in [3.63, 3.8) is 0 Å². The molecule has 3 aromatic carbocycles. The summed E-state index contributed by atoms with van der Waals surface area (Å²) in [4.78, 5) is 27.4. The second-order valence-corrected chi connectivity index (χ2v) is 8.13. The molecule has 5 rings (SSSR count). The zero-order chi connectivity index (χ0) is 23.1. The first-order valence-corrected chi connectivity index (χ1v) is 10.9. The fraction of sp³-hybridized carbons (Fsp3) is 0.231. The molecule has 0 unspecified atom stereocenters. The van der Waals surface area contributed by atoms with Crippen molar-refractivity contribution in [3.05, 3.63) is 77.2 Å². The Labute approximate surface area is 189 Å². The number of rotatable bonds is 4. The van der Waals surface area contributed by atoms with Crippen LogP contribution in [0, 0.1) is 5.82 Å². The van der Waals surface area contributed by atoms with Gasteiger partial charge in [-0.1, -0.05) is 24.3 Å². The number of hydrogen-bond acceptors (Lipinski definition) is 4. The average molecular weight is 446 g/mol. The quantitative estimate of drug-likeness (QED) is 0.472. The van der Waals surface area contributed by atoms with E-state index in [0.29, 0.717) is 41.2 Å². The van der Waals surface area contributed by atoms with Crippen LogP contribution in [0.2, 0.25) is 0 Å². The van der Waals surface area contributed by atoms with Crippen LogP contribution in [0.4, 0.5) is 4.39 Å². The third kappa shape index (κ3) is 3.59. The van der Waals surface area contributed by atoms with Gasteiger partial charge in [-0.2, -0.15) is 0 Å². The zero-order valence-corrected chi connectivity index (χ0v) is 18.2. The molecule has 1 aliphatic heterocycles. The van der Waals surface area contributed by atoms with Crippen molar-refractivity contribution in [2.45, 2.75) is 26.4 Å². The average Bonchev–Trinajstić information content (AvgIpc) is 3.11. The molecule has 0 spiro atoms. The van der Waals surface area contributed by atoms with Crippen LogP contribution >= 0.6 is 0 Å². The Bertz CT molecular complexity index is 1410. The van der Waals surface area contributed by atoms with E-state index in [9.17, 15) is 19.1 Å². The summed E-state index contributed by atoms with van der Waals surface area (Å²) < 4.78 is 21.1. The lowest BCUT2D eigenvalue weighted by molar-refractivity contribution is -0.143. The number of aromatic nitrogens is 1. The van der Waals surface area contributed by atoms with Crippen LogP contribution in [0.25, 0.3) is 21.7 Å². The van der Waals surface area contributed by atoms with Gasteiger partial charge in [0.05, 0.1) is 6.61 Å². The van der Waals surface area contributed by atoms with Gasteiger partial charge in [-0.25, -0.2) is 4.39 Å². The first-order valence-electron chi connectivity index (χ1n) is 10.9. The summed E-state index contributed by atoms with van der Waals surface area (Å²) >= 11 is 0. The Morgan fingerprint density at radius 2 is 1.85 bits per heavy atom. The highest BCUT2D eigenvalue weighted by Crippen LogP contribution is 2.34. The number of aromatic hydroxyl groups is 1. The molecule has 1 aliphatic rings. The molecule has 7 heteroatoms. The van der Waals surface area contributed by atoms with Crippen LogP contribution in [-0.2, 0) is 29.0 Å². The smallest absolute Gasteiger partial charge is 0.325 e. The van der Waals surface area contributed by atoms with E-state index in [-0.39, 0.29) is 36.6 Å². The maximum atomic E-state index is 14.1. The normalized spacial score (nSPS) is 13.3. The van der Waals surface area contributed by atoms with Crippen molar-refractivity contribution in [3.8, 4) is 5.75 Å². The van der Waals surface area contributed by atoms with Gasteiger partial charge in [0, 0.05) is 52.6 Å². The van der Waals surface area contributed by atoms with Gasteiger partial charge >= 0.3 is 5.97 Å². The topological polar surface area (TPSA) is 71.8 Å². The molecule has 4 aromatic rings. The molecule has 6 nitrogen and oxygen atoms in total. The number of ether oxygens (including phenoxy) is 1. The number of hydrogen-bond donors (Lipinski definition) is 1. The van der Waals surface area contributed by atoms with Gasteiger partial charge in [0.2, 0.25) is 0 Å². The lowest BCUT2D eigenvalue weighted by atomic mass is 10.00. The van der Waals surface area contributed by atoms with Crippen LogP contribution in [0.1, 0.15) is 28.5 Å². The molecular formula is C26H23FN2O4. The lowest BCUT2D eigenvalue weighted by Gasteiger charge is -2.29. The maximum Gasteiger partial charge on any atom is 0.325 e. The summed E-state index contributed by atoms with van der Waals surface area (Å²) in [7, 11) is 0. The Kier molecular flexibility index (Phi) is 5.24. The molecule has 1 aromatic heterocycles. The fourth-order valence-electron chi connectivity index (χ4n) is 4.75. The monoisotopic (exact) mass is 446 g/mol. The SMILES string of the molecule is CCOC(=O)Cn1c2c(c3cc(F)ccc31)CN(C(=O)c1ccc(O)c3ccccc13)CC2. The van der Waals surface area contributed by atoms with E-state index in [1.807, 2.05) is 22.8 Å². The molecule has 168 valence electrons. The van der Waals surface area contributed by atoms with Crippen LogP contribution in [0.15, 0.2) is 54.6 Å². The van der Waals surface area contributed by atoms with Gasteiger partial charge < -0.3 is 19.3 Å². The predicted octanol–water partition coefficient (Wildman–Crippen LogP) is 4.40. The van der Waals surface area contributed by atoms with Gasteiger partial charge in [0.1, 0.15) is 18.1 Å².